The SMILES string of the molecule is COc1ccc2c(c1)c(NC(=O)N1C[C@H](F)C[C@H]1C(=O)NCc1cccc(Cl)c1F)cn2C(N)=O. The Hall–Kier alpha value is -3.86. The van der Waals surface area contributed by atoms with E-state index in [-0.39, 0.29) is 35.8 Å². The Labute approximate surface area is 203 Å². The monoisotopic (exact) mass is 505 g/mol. The molecule has 3 aromatic rings. The number of carbonyl (C=O) groups is 3. The van der Waals surface area contributed by atoms with Crippen molar-refractivity contribution in [3.05, 3.63) is 59.0 Å². The normalized spacial score (nSPS) is 17.4. The smallest absolute Gasteiger partial charge is 0.323 e. The van der Waals surface area contributed by atoms with Crippen molar-refractivity contribution in [2.24, 2.45) is 5.73 Å². The molecule has 1 saturated heterocycles. The van der Waals surface area contributed by atoms with Crippen LogP contribution < -0.4 is 21.1 Å². The van der Waals surface area contributed by atoms with Crippen LogP contribution in [0.5, 0.6) is 5.75 Å². The number of nitrogens with one attached hydrogen (secondary N) is 2. The molecule has 0 aliphatic carbocycles. The van der Waals surface area contributed by atoms with E-state index in [9.17, 15) is 23.2 Å². The van der Waals surface area contributed by atoms with Crippen molar-refractivity contribution in [2.45, 2.75) is 25.2 Å². The van der Waals surface area contributed by atoms with Crippen molar-refractivity contribution in [2.75, 3.05) is 19.0 Å². The van der Waals surface area contributed by atoms with Crippen LogP contribution in [0, 0.1) is 5.82 Å². The first-order valence-electron chi connectivity index (χ1n) is 10.6. The molecule has 0 unspecified atom stereocenters. The summed E-state index contributed by atoms with van der Waals surface area (Å²) in [6.07, 6.45) is -0.301. The molecule has 4 N–H and O–H groups in total. The number of aromatic nitrogens is 1. The topological polar surface area (TPSA) is 119 Å². The van der Waals surface area contributed by atoms with Crippen molar-refractivity contribution in [1.29, 1.82) is 0 Å². The van der Waals surface area contributed by atoms with Crippen LogP contribution >= 0.6 is 11.6 Å². The molecule has 9 nitrogen and oxygen atoms in total. The number of amides is 4. The Morgan fingerprint density at radius 2 is 2.03 bits per heavy atom. The van der Waals surface area contributed by atoms with Gasteiger partial charge in [0.1, 0.15) is 23.8 Å². The van der Waals surface area contributed by atoms with E-state index in [2.05, 4.69) is 10.6 Å². The minimum Gasteiger partial charge on any atom is -0.497 e. The molecular weight excluding hydrogens is 484 g/mol. The number of methoxy groups -OCH3 is 1. The third kappa shape index (κ3) is 4.85. The third-order valence-electron chi connectivity index (χ3n) is 5.79. The molecule has 1 aliphatic rings. The Morgan fingerprint density at radius 1 is 1.26 bits per heavy atom. The number of likely N-dealkylation sites (tertiary alicyclic amines) is 1. The van der Waals surface area contributed by atoms with Crippen molar-refractivity contribution < 1.29 is 27.9 Å². The molecule has 2 heterocycles. The summed E-state index contributed by atoms with van der Waals surface area (Å²) in [6.45, 7) is -0.493. The quantitative estimate of drug-likeness (QED) is 0.490. The second kappa shape index (κ2) is 9.79. The van der Waals surface area contributed by atoms with Gasteiger partial charge in [-0.1, -0.05) is 23.7 Å². The minimum atomic E-state index is -1.42. The fourth-order valence-corrected chi connectivity index (χ4v) is 4.24. The molecule has 4 rings (SSSR count). The van der Waals surface area contributed by atoms with Gasteiger partial charge in [0, 0.05) is 30.1 Å². The first-order valence-corrected chi connectivity index (χ1v) is 11.0. The van der Waals surface area contributed by atoms with Gasteiger partial charge in [0.25, 0.3) is 0 Å². The average Bonchev–Trinajstić information content (AvgIpc) is 3.40. The number of halogens is 3. The summed E-state index contributed by atoms with van der Waals surface area (Å²) in [5.41, 5.74) is 6.24. The lowest BCUT2D eigenvalue weighted by atomic mass is 10.1. The number of nitrogens with zero attached hydrogens (tertiary/aromatic N) is 2. The van der Waals surface area contributed by atoms with Gasteiger partial charge >= 0.3 is 12.1 Å². The summed E-state index contributed by atoms with van der Waals surface area (Å²) in [5.74, 6) is -0.827. The highest BCUT2D eigenvalue weighted by atomic mass is 35.5. The number of hydrogen-bond donors (Lipinski definition) is 3. The van der Waals surface area contributed by atoms with Crippen LogP contribution in [0.2, 0.25) is 5.02 Å². The molecular formula is C23H22ClF2N5O4. The zero-order valence-corrected chi connectivity index (χ0v) is 19.3. The van der Waals surface area contributed by atoms with E-state index in [0.29, 0.717) is 16.7 Å². The molecule has 1 aliphatic heterocycles. The molecule has 2 aromatic carbocycles. The molecule has 0 spiro atoms. The van der Waals surface area contributed by atoms with Gasteiger partial charge in [-0.2, -0.15) is 0 Å². The number of primary amides is 1. The molecule has 1 aromatic heterocycles. The number of urea groups is 1. The van der Waals surface area contributed by atoms with Crippen LogP contribution in [-0.4, -0.2) is 53.3 Å². The van der Waals surface area contributed by atoms with Crippen molar-refractivity contribution in [3.8, 4) is 5.75 Å². The van der Waals surface area contributed by atoms with Crippen LogP contribution in [-0.2, 0) is 11.3 Å². The zero-order valence-electron chi connectivity index (χ0n) is 18.6. The number of rotatable bonds is 5. The maximum atomic E-state index is 14.3. The first kappa shape index (κ1) is 24.3. The Kier molecular flexibility index (Phi) is 6.79. The first-order chi connectivity index (χ1) is 16.7. The molecule has 2 atom stereocenters. The van der Waals surface area contributed by atoms with Gasteiger partial charge in [0.05, 0.1) is 29.9 Å². The van der Waals surface area contributed by atoms with Gasteiger partial charge in [-0.3, -0.25) is 9.36 Å². The van der Waals surface area contributed by atoms with Crippen LogP contribution in [0.3, 0.4) is 0 Å². The maximum absolute atomic E-state index is 14.3. The molecule has 35 heavy (non-hydrogen) atoms. The highest BCUT2D eigenvalue weighted by Gasteiger charge is 2.40. The van der Waals surface area contributed by atoms with Crippen molar-refractivity contribution >= 4 is 46.2 Å². The Morgan fingerprint density at radius 3 is 2.74 bits per heavy atom. The highest BCUT2D eigenvalue weighted by molar-refractivity contribution is 6.30. The lowest BCUT2D eigenvalue weighted by Gasteiger charge is -2.24. The van der Waals surface area contributed by atoms with E-state index in [1.807, 2.05) is 0 Å². The van der Waals surface area contributed by atoms with Crippen LogP contribution in [0.25, 0.3) is 10.9 Å². The summed E-state index contributed by atoms with van der Waals surface area (Å²) in [7, 11) is 1.47. The molecule has 12 heteroatoms. The predicted molar refractivity (Wildman–Crippen MR) is 126 cm³/mol. The van der Waals surface area contributed by atoms with E-state index in [1.54, 1.807) is 18.2 Å². The average molecular weight is 506 g/mol. The fraction of sp³-hybridized carbons (Fsp3) is 0.261. The van der Waals surface area contributed by atoms with Crippen LogP contribution in [0.1, 0.15) is 12.0 Å². The molecule has 0 saturated carbocycles. The largest absolute Gasteiger partial charge is 0.497 e. The van der Waals surface area contributed by atoms with E-state index >= 15 is 0 Å². The molecule has 0 bridgehead atoms. The van der Waals surface area contributed by atoms with Crippen LogP contribution in [0.15, 0.2) is 42.6 Å². The molecule has 0 radical (unpaired) electrons. The molecule has 1 fully saturated rings. The molecule has 4 amide bonds. The number of anilines is 1. The van der Waals surface area contributed by atoms with E-state index in [1.165, 1.54) is 31.5 Å². The van der Waals surface area contributed by atoms with Crippen molar-refractivity contribution in [3.63, 3.8) is 0 Å². The van der Waals surface area contributed by atoms with E-state index in [0.717, 1.165) is 9.47 Å². The Balaban J connectivity index is 1.53. The lowest BCUT2D eigenvalue weighted by Crippen LogP contribution is -2.47. The van der Waals surface area contributed by atoms with Gasteiger partial charge in [-0.15, -0.1) is 0 Å². The van der Waals surface area contributed by atoms with Gasteiger partial charge in [-0.05, 0) is 24.3 Å². The zero-order chi connectivity index (χ0) is 25.3. The number of carbonyl (C=O) groups excluding carboxylic acids is 3. The highest BCUT2D eigenvalue weighted by Crippen LogP contribution is 2.31. The number of nitrogens with two attached hydrogens (primary N) is 1. The summed E-state index contributed by atoms with van der Waals surface area (Å²) in [5, 5.41) is 5.54. The van der Waals surface area contributed by atoms with Gasteiger partial charge in [0.2, 0.25) is 5.91 Å². The predicted octanol–water partition coefficient (Wildman–Crippen LogP) is 3.63. The lowest BCUT2D eigenvalue weighted by molar-refractivity contribution is -0.124. The number of hydrogen-bond acceptors (Lipinski definition) is 4. The summed E-state index contributed by atoms with van der Waals surface area (Å²) < 4.78 is 34.7. The summed E-state index contributed by atoms with van der Waals surface area (Å²) in [4.78, 5) is 38.7. The number of alkyl halides is 1. The van der Waals surface area contributed by atoms with E-state index in [4.69, 9.17) is 22.1 Å². The molecule has 184 valence electrons. The summed E-state index contributed by atoms with van der Waals surface area (Å²) >= 11 is 5.76. The summed E-state index contributed by atoms with van der Waals surface area (Å²) in [6, 6.07) is 6.59. The second-order valence-corrected chi connectivity index (χ2v) is 8.40. The minimum absolute atomic E-state index is 0.0887. The van der Waals surface area contributed by atoms with E-state index < -0.39 is 36.0 Å². The second-order valence-electron chi connectivity index (χ2n) is 8.00. The number of fused-ring (bicyclic) bond motifs is 1. The van der Waals surface area contributed by atoms with Crippen molar-refractivity contribution in [1.82, 2.24) is 14.8 Å². The van der Waals surface area contributed by atoms with Gasteiger partial charge in [0.15, 0.2) is 0 Å². The van der Waals surface area contributed by atoms with Gasteiger partial charge in [-0.25, -0.2) is 18.4 Å². The third-order valence-corrected chi connectivity index (χ3v) is 6.08. The number of benzene rings is 2. The maximum Gasteiger partial charge on any atom is 0.323 e. The fourth-order valence-electron chi connectivity index (χ4n) is 4.05. The number of ether oxygens (including phenoxy) is 1. The standard InChI is InChI=1S/C23H22ClF2N5O4/c1-35-14-5-6-18-15(8-14)17(11-30(18)22(27)33)29-23(34)31-10-13(25)7-19(31)21(32)28-9-12-3-2-4-16(24)20(12)26/h2-6,8,11,13,19H,7,9-10H2,1H3,(H2,27,33)(H,28,32)(H,29,34)/t13-,19+/m1/s1. The van der Waals surface area contributed by atoms with Gasteiger partial charge < -0.3 is 26.0 Å². The Bertz CT molecular complexity index is 1310. The van der Waals surface area contributed by atoms with Crippen LogP contribution in [0.4, 0.5) is 24.1 Å².